The molecule has 1 aromatic rings. The van der Waals surface area contributed by atoms with E-state index in [4.69, 9.17) is 11.1 Å². The Morgan fingerprint density at radius 1 is 1.44 bits per heavy atom. The summed E-state index contributed by atoms with van der Waals surface area (Å²) in [6.45, 7) is 3.03. The van der Waals surface area contributed by atoms with Crippen LogP contribution in [0.4, 0.5) is 5.82 Å². The van der Waals surface area contributed by atoms with Gasteiger partial charge in [-0.05, 0) is 38.5 Å². The van der Waals surface area contributed by atoms with Gasteiger partial charge >= 0.3 is 0 Å². The molecule has 5 nitrogen and oxygen atoms in total. The van der Waals surface area contributed by atoms with Gasteiger partial charge in [0.2, 0.25) is 0 Å². The van der Waals surface area contributed by atoms with Gasteiger partial charge in [0.25, 0.3) is 0 Å². The summed E-state index contributed by atoms with van der Waals surface area (Å²) in [6, 6.07) is 0.637. The predicted octanol–water partition coefficient (Wildman–Crippen LogP) is 1.39. The molecule has 0 saturated heterocycles. The van der Waals surface area contributed by atoms with E-state index in [-0.39, 0.29) is 5.84 Å². The minimum Gasteiger partial charge on any atom is -0.384 e. The summed E-state index contributed by atoms with van der Waals surface area (Å²) < 4.78 is 1.90. The third kappa shape index (κ3) is 1.98. The molecule has 0 aliphatic heterocycles. The molecule has 0 bridgehead atoms. The number of hydrogen-bond acceptors (Lipinski definition) is 3. The van der Waals surface area contributed by atoms with Crippen molar-refractivity contribution in [1.82, 2.24) is 9.78 Å². The van der Waals surface area contributed by atoms with Crippen LogP contribution in [0, 0.1) is 18.3 Å². The Hall–Kier alpha value is -1.52. The van der Waals surface area contributed by atoms with Gasteiger partial charge in [0.15, 0.2) is 0 Å². The molecule has 0 atom stereocenters. The normalized spacial score (nSPS) is 19.0. The van der Waals surface area contributed by atoms with Crippen LogP contribution in [0.25, 0.3) is 0 Å². The Kier molecular flexibility index (Phi) is 2.57. The van der Waals surface area contributed by atoms with Crippen LogP contribution in [0.15, 0.2) is 0 Å². The van der Waals surface area contributed by atoms with E-state index >= 15 is 0 Å². The Morgan fingerprint density at radius 3 is 2.61 bits per heavy atom. The van der Waals surface area contributed by atoms with Crippen molar-refractivity contribution in [1.29, 1.82) is 5.41 Å². The molecule has 98 valence electrons. The zero-order valence-electron chi connectivity index (χ0n) is 11.1. The van der Waals surface area contributed by atoms with Crippen molar-refractivity contribution in [2.75, 3.05) is 11.4 Å². The number of nitrogens with two attached hydrogens (primary N) is 1. The zero-order valence-corrected chi connectivity index (χ0v) is 11.1. The van der Waals surface area contributed by atoms with E-state index in [0.29, 0.717) is 6.04 Å². The molecular formula is C13H21N5. The summed E-state index contributed by atoms with van der Waals surface area (Å²) >= 11 is 0. The molecule has 5 heteroatoms. The highest BCUT2D eigenvalue weighted by Gasteiger charge is 2.37. The molecule has 0 radical (unpaired) electrons. The SMILES string of the molecule is Cc1nn(C)c(N(CC2CC2)C2CC2)c1C(=N)N. The van der Waals surface area contributed by atoms with Gasteiger partial charge in [0, 0.05) is 19.6 Å². The smallest absolute Gasteiger partial charge is 0.138 e. The maximum atomic E-state index is 7.78. The second-order valence-electron chi connectivity index (χ2n) is 5.65. The van der Waals surface area contributed by atoms with E-state index in [2.05, 4.69) is 10.00 Å². The highest BCUT2D eigenvalue weighted by atomic mass is 15.4. The third-order valence-electron chi connectivity index (χ3n) is 3.87. The van der Waals surface area contributed by atoms with Gasteiger partial charge in [0.05, 0.1) is 11.3 Å². The summed E-state index contributed by atoms with van der Waals surface area (Å²) in [5, 5.41) is 12.2. The standard InChI is InChI=1S/C13H21N5/c1-8-11(12(14)15)13(17(2)16-8)18(10-5-6-10)7-9-3-4-9/h9-10H,3-7H2,1-2H3,(H3,14,15). The van der Waals surface area contributed by atoms with Crippen LogP contribution in [0.5, 0.6) is 0 Å². The number of hydrogen-bond donors (Lipinski definition) is 2. The van der Waals surface area contributed by atoms with E-state index in [1.807, 2.05) is 18.7 Å². The molecule has 1 aromatic heterocycles. The first-order valence-corrected chi connectivity index (χ1v) is 6.72. The second kappa shape index (κ2) is 4.00. The molecule has 3 rings (SSSR count). The van der Waals surface area contributed by atoms with Crippen molar-refractivity contribution in [2.45, 2.75) is 38.6 Å². The zero-order chi connectivity index (χ0) is 12.9. The number of aryl methyl sites for hydroxylation is 2. The maximum Gasteiger partial charge on any atom is 0.138 e. The van der Waals surface area contributed by atoms with Gasteiger partial charge in [-0.1, -0.05) is 0 Å². The van der Waals surface area contributed by atoms with Gasteiger partial charge in [0.1, 0.15) is 11.7 Å². The molecule has 2 fully saturated rings. The largest absolute Gasteiger partial charge is 0.384 e. The minimum atomic E-state index is 0.136. The highest BCUT2D eigenvalue weighted by Crippen LogP contribution is 2.39. The molecule has 0 spiro atoms. The van der Waals surface area contributed by atoms with E-state index in [1.54, 1.807) is 0 Å². The Morgan fingerprint density at radius 2 is 2.11 bits per heavy atom. The topological polar surface area (TPSA) is 70.9 Å². The van der Waals surface area contributed by atoms with Gasteiger partial charge < -0.3 is 10.6 Å². The quantitative estimate of drug-likeness (QED) is 0.610. The van der Waals surface area contributed by atoms with Gasteiger partial charge in [-0.15, -0.1) is 0 Å². The Bertz CT molecular complexity index is 482. The fraction of sp³-hybridized carbons (Fsp3) is 0.692. The fourth-order valence-electron chi connectivity index (χ4n) is 2.66. The molecular weight excluding hydrogens is 226 g/mol. The van der Waals surface area contributed by atoms with Crippen molar-refractivity contribution < 1.29 is 0 Å². The van der Waals surface area contributed by atoms with E-state index in [1.165, 1.54) is 25.7 Å². The molecule has 3 N–H and O–H groups in total. The van der Waals surface area contributed by atoms with Crippen molar-refractivity contribution in [3.63, 3.8) is 0 Å². The number of anilines is 1. The van der Waals surface area contributed by atoms with Gasteiger partial charge in [-0.2, -0.15) is 5.10 Å². The molecule has 2 aliphatic carbocycles. The molecule has 18 heavy (non-hydrogen) atoms. The molecule has 1 heterocycles. The first kappa shape index (κ1) is 11.6. The predicted molar refractivity (Wildman–Crippen MR) is 72.1 cm³/mol. The van der Waals surface area contributed by atoms with Crippen LogP contribution in [-0.2, 0) is 7.05 Å². The van der Waals surface area contributed by atoms with Crippen molar-refractivity contribution >= 4 is 11.7 Å². The number of nitrogens with one attached hydrogen (secondary N) is 1. The summed E-state index contributed by atoms with van der Waals surface area (Å²) in [6.07, 6.45) is 5.20. The van der Waals surface area contributed by atoms with Crippen LogP contribution in [0.2, 0.25) is 0 Å². The van der Waals surface area contributed by atoms with E-state index in [0.717, 1.165) is 29.5 Å². The number of nitrogen functional groups attached to an aromatic ring is 1. The molecule has 0 amide bonds. The first-order valence-electron chi connectivity index (χ1n) is 6.72. The number of nitrogens with zero attached hydrogens (tertiary/aromatic N) is 3. The van der Waals surface area contributed by atoms with Crippen LogP contribution < -0.4 is 10.6 Å². The lowest BCUT2D eigenvalue weighted by Crippen LogP contribution is -2.32. The number of rotatable bonds is 5. The average Bonchev–Trinajstić information content (AvgIpc) is 3.14. The monoisotopic (exact) mass is 247 g/mol. The average molecular weight is 247 g/mol. The van der Waals surface area contributed by atoms with Crippen LogP contribution in [0.1, 0.15) is 36.9 Å². The van der Waals surface area contributed by atoms with E-state index < -0.39 is 0 Å². The first-order chi connectivity index (χ1) is 8.58. The maximum absolute atomic E-state index is 7.78. The van der Waals surface area contributed by atoms with E-state index in [9.17, 15) is 0 Å². The minimum absolute atomic E-state index is 0.136. The number of amidine groups is 1. The van der Waals surface area contributed by atoms with Crippen LogP contribution >= 0.6 is 0 Å². The summed E-state index contributed by atoms with van der Waals surface area (Å²) in [5.41, 5.74) is 7.42. The van der Waals surface area contributed by atoms with Gasteiger partial charge in [-0.3, -0.25) is 10.1 Å². The summed E-state index contributed by atoms with van der Waals surface area (Å²) in [5.74, 6) is 2.02. The Labute approximate surface area is 107 Å². The molecule has 0 unspecified atom stereocenters. The lowest BCUT2D eigenvalue weighted by molar-refractivity contribution is 0.662. The molecule has 0 aromatic carbocycles. The van der Waals surface area contributed by atoms with Crippen LogP contribution in [0.3, 0.4) is 0 Å². The molecule has 2 aliphatic rings. The Balaban J connectivity index is 1.98. The second-order valence-corrected chi connectivity index (χ2v) is 5.65. The lowest BCUT2D eigenvalue weighted by atomic mass is 10.2. The van der Waals surface area contributed by atoms with Crippen LogP contribution in [-0.4, -0.2) is 28.2 Å². The fourth-order valence-corrected chi connectivity index (χ4v) is 2.66. The van der Waals surface area contributed by atoms with Crippen molar-refractivity contribution in [2.24, 2.45) is 18.7 Å². The van der Waals surface area contributed by atoms with Crippen molar-refractivity contribution in [3.05, 3.63) is 11.3 Å². The summed E-state index contributed by atoms with van der Waals surface area (Å²) in [7, 11) is 1.96. The highest BCUT2D eigenvalue weighted by molar-refractivity contribution is 6.01. The molecule has 2 saturated carbocycles. The lowest BCUT2D eigenvalue weighted by Gasteiger charge is -2.25. The van der Waals surface area contributed by atoms with Crippen molar-refractivity contribution in [3.8, 4) is 0 Å². The third-order valence-corrected chi connectivity index (χ3v) is 3.87. The summed E-state index contributed by atoms with van der Waals surface area (Å²) in [4.78, 5) is 2.44. The number of aromatic nitrogens is 2. The van der Waals surface area contributed by atoms with Gasteiger partial charge in [-0.25, -0.2) is 0 Å².